The molecule has 0 saturated heterocycles. The second kappa shape index (κ2) is 16.6. The first-order valence-electron chi connectivity index (χ1n) is 10.2. The fourth-order valence-corrected chi connectivity index (χ4v) is 3.16. The molecule has 0 saturated carbocycles. The smallest absolute Gasteiger partial charge is 0.325 e. The molecule has 0 aromatic carbocycles. The number of aliphatic carboxylic acids is 2. The molecule has 0 heterocycles. The first kappa shape index (κ1) is 30.0. The van der Waals surface area contributed by atoms with Gasteiger partial charge in [0.2, 0.25) is 0 Å². The molecule has 9 nitrogen and oxygen atoms in total. The highest BCUT2D eigenvalue weighted by molar-refractivity contribution is 7.87. The number of carboxylic acid groups (broad SMARTS) is 2. The SMILES string of the molecule is CCCCCCCCCCCCC(O)(O)CC.O=C(O)CC(C(=O)O)S(=O)(=O)O. The molecule has 0 aliphatic rings. The van der Waals surface area contributed by atoms with Crippen molar-refractivity contribution in [1.29, 1.82) is 0 Å². The van der Waals surface area contributed by atoms with Crippen LogP contribution in [0.5, 0.6) is 0 Å². The molecular formula is C19H38O9S. The Bertz CT molecular complexity index is 544. The van der Waals surface area contributed by atoms with Crippen LogP contribution in [0.3, 0.4) is 0 Å². The van der Waals surface area contributed by atoms with E-state index in [0.717, 1.165) is 12.8 Å². The molecule has 1 unspecified atom stereocenters. The van der Waals surface area contributed by atoms with Crippen molar-refractivity contribution in [3.8, 4) is 0 Å². The molecule has 0 aromatic heterocycles. The maximum absolute atomic E-state index is 10.2. The van der Waals surface area contributed by atoms with Gasteiger partial charge < -0.3 is 20.4 Å². The van der Waals surface area contributed by atoms with E-state index in [1.54, 1.807) is 0 Å². The van der Waals surface area contributed by atoms with E-state index in [2.05, 4.69) is 6.92 Å². The molecule has 0 amide bonds. The summed E-state index contributed by atoms with van der Waals surface area (Å²) in [5.41, 5.74) is 0. The number of carboxylic acids is 2. The predicted molar refractivity (Wildman–Crippen MR) is 109 cm³/mol. The van der Waals surface area contributed by atoms with Crippen LogP contribution < -0.4 is 0 Å². The monoisotopic (exact) mass is 442 g/mol. The van der Waals surface area contributed by atoms with Gasteiger partial charge in [0.15, 0.2) is 11.0 Å². The molecule has 0 fully saturated rings. The van der Waals surface area contributed by atoms with Gasteiger partial charge in [-0.25, -0.2) is 0 Å². The predicted octanol–water partition coefficient (Wildman–Crippen LogP) is 3.19. The summed E-state index contributed by atoms with van der Waals surface area (Å²) >= 11 is 0. The van der Waals surface area contributed by atoms with Gasteiger partial charge in [-0.2, -0.15) is 8.42 Å². The van der Waals surface area contributed by atoms with Gasteiger partial charge >= 0.3 is 11.9 Å². The average Bonchev–Trinajstić information content (AvgIpc) is 2.60. The van der Waals surface area contributed by atoms with Crippen molar-refractivity contribution in [3.63, 3.8) is 0 Å². The van der Waals surface area contributed by atoms with Gasteiger partial charge in [-0.05, 0) is 12.8 Å². The van der Waals surface area contributed by atoms with Crippen molar-refractivity contribution in [2.24, 2.45) is 0 Å². The molecule has 0 aliphatic carbocycles. The average molecular weight is 443 g/mol. The lowest BCUT2D eigenvalue weighted by Gasteiger charge is -2.19. The zero-order valence-electron chi connectivity index (χ0n) is 17.5. The van der Waals surface area contributed by atoms with Crippen molar-refractivity contribution in [3.05, 3.63) is 0 Å². The molecule has 5 N–H and O–H groups in total. The first-order valence-corrected chi connectivity index (χ1v) is 11.7. The van der Waals surface area contributed by atoms with Crippen molar-refractivity contribution < 1.29 is 43.0 Å². The molecule has 174 valence electrons. The van der Waals surface area contributed by atoms with Crippen molar-refractivity contribution in [2.75, 3.05) is 0 Å². The number of aliphatic hydroxyl groups is 2. The van der Waals surface area contributed by atoms with Crippen LogP contribution in [0.15, 0.2) is 0 Å². The molecular weight excluding hydrogens is 404 g/mol. The number of rotatable bonds is 16. The Hall–Kier alpha value is -1.23. The lowest BCUT2D eigenvalue weighted by atomic mass is 10.0. The molecule has 0 aromatic rings. The summed E-state index contributed by atoms with van der Waals surface area (Å²) in [4.78, 5) is 20.0. The lowest BCUT2D eigenvalue weighted by molar-refractivity contribution is -0.167. The van der Waals surface area contributed by atoms with E-state index in [4.69, 9.17) is 14.8 Å². The summed E-state index contributed by atoms with van der Waals surface area (Å²) in [6, 6.07) is 0. The minimum Gasteiger partial charge on any atom is -0.481 e. The van der Waals surface area contributed by atoms with Crippen LogP contribution in [-0.2, 0) is 19.7 Å². The lowest BCUT2D eigenvalue weighted by Crippen LogP contribution is -2.31. The maximum atomic E-state index is 10.2. The normalized spacial score (nSPS) is 12.7. The Kier molecular flexibility index (Phi) is 17.1. The van der Waals surface area contributed by atoms with Crippen LogP contribution in [-0.4, -0.2) is 56.4 Å². The first-order chi connectivity index (χ1) is 13.4. The standard InChI is InChI=1S/C15H32O2.C4H6O7S/c1-3-5-6-7-8-9-10-11-12-13-14-15(16,17)4-2;5-3(6)1-2(4(7)8)12(9,10)11/h16-17H,3-14H2,1-2H3;2H,1H2,(H,5,6)(H,7,8)(H,9,10,11). The number of hydrogen-bond acceptors (Lipinski definition) is 6. The zero-order chi connectivity index (χ0) is 22.9. The minimum atomic E-state index is -4.84. The van der Waals surface area contributed by atoms with Crippen molar-refractivity contribution in [2.45, 2.75) is 108 Å². The third-order valence-electron chi connectivity index (χ3n) is 4.49. The molecule has 0 bridgehead atoms. The van der Waals surface area contributed by atoms with E-state index in [1.165, 1.54) is 51.4 Å². The summed E-state index contributed by atoms with van der Waals surface area (Å²) in [5, 5.41) is 32.7. The molecule has 29 heavy (non-hydrogen) atoms. The number of hydrogen-bond donors (Lipinski definition) is 5. The number of carbonyl (C=O) groups is 2. The molecule has 0 radical (unpaired) electrons. The van der Waals surface area contributed by atoms with Crippen LogP contribution in [0, 0.1) is 0 Å². The van der Waals surface area contributed by atoms with Crippen LogP contribution in [0.1, 0.15) is 97.3 Å². The third-order valence-corrected chi connectivity index (χ3v) is 5.58. The minimum absolute atomic E-state index is 0.435. The Morgan fingerprint density at radius 3 is 1.52 bits per heavy atom. The highest BCUT2D eigenvalue weighted by Crippen LogP contribution is 2.17. The zero-order valence-corrected chi connectivity index (χ0v) is 18.4. The van der Waals surface area contributed by atoms with E-state index < -0.39 is 39.5 Å². The fraction of sp³-hybridized carbons (Fsp3) is 0.895. The van der Waals surface area contributed by atoms with Gasteiger partial charge in [-0.1, -0.05) is 71.6 Å². The Morgan fingerprint density at radius 1 is 0.828 bits per heavy atom. The van der Waals surface area contributed by atoms with E-state index >= 15 is 0 Å². The van der Waals surface area contributed by atoms with Crippen LogP contribution >= 0.6 is 0 Å². The Labute approximate surface area is 173 Å². The highest BCUT2D eigenvalue weighted by atomic mass is 32.2. The topological polar surface area (TPSA) is 169 Å². The van der Waals surface area contributed by atoms with E-state index in [0.29, 0.717) is 12.8 Å². The summed E-state index contributed by atoms with van der Waals surface area (Å²) in [7, 11) is -4.84. The van der Waals surface area contributed by atoms with Crippen LogP contribution in [0.2, 0.25) is 0 Å². The van der Waals surface area contributed by atoms with E-state index in [-0.39, 0.29) is 0 Å². The Balaban J connectivity index is 0. The molecule has 0 rings (SSSR count). The third kappa shape index (κ3) is 19.8. The van der Waals surface area contributed by atoms with Crippen LogP contribution in [0.4, 0.5) is 0 Å². The quantitative estimate of drug-likeness (QED) is 0.137. The molecule has 10 heteroatoms. The second-order valence-electron chi connectivity index (χ2n) is 7.21. The van der Waals surface area contributed by atoms with Gasteiger partial charge in [-0.15, -0.1) is 0 Å². The van der Waals surface area contributed by atoms with Crippen molar-refractivity contribution >= 4 is 22.1 Å². The van der Waals surface area contributed by atoms with E-state index in [1.807, 2.05) is 6.92 Å². The van der Waals surface area contributed by atoms with Gasteiger partial charge in [0, 0.05) is 6.42 Å². The van der Waals surface area contributed by atoms with Gasteiger partial charge in [0.25, 0.3) is 10.1 Å². The summed E-state index contributed by atoms with van der Waals surface area (Å²) in [6.45, 7) is 4.06. The van der Waals surface area contributed by atoms with Gasteiger partial charge in [0.1, 0.15) is 0 Å². The van der Waals surface area contributed by atoms with Gasteiger partial charge in [-0.3, -0.25) is 14.1 Å². The summed E-state index contributed by atoms with van der Waals surface area (Å²) in [5.74, 6) is -4.92. The molecule has 0 aliphatic heterocycles. The number of unbranched alkanes of at least 4 members (excludes halogenated alkanes) is 9. The molecule has 0 spiro atoms. The summed E-state index contributed by atoms with van der Waals surface area (Å²) < 4.78 is 28.7. The van der Waals surface area contributed by atoms with Gasteiger partial charge in [0.05, 0.1) is 6.42 Å². The second-order valence-corrected chi connectivity index (χ2v) is 8.81. The Morgan fingerprint density at radius 2 is 1.24 bits per heavy atom. The van der Waals surface area contributed by atoms with Crippen molar-refractivity contribution in [1.82, 2.24) is 0 Å². The fourth-order valence-electron chi connectivity index (χ4n) is 2.55. The molecule has 1 atom stereocenters. The van der Waals surface area contributed by atoms with Crippen LogP contribution in [0.25, 0.3) is 0 Å². The largest absolute Gasteiger partial charge is 0.481 e. The summed E-state index contributed by atoms with van der Waals surface area (Å²) in [6.07, 6.45) is 12.6. The maximum Gasteiger partial charge on any atom is 0.325 e. The van der Waals surface area contributed by atoms with E-state index in [9.17, 15) is 28.2 Å². The highest BCUT2D eigenvalue weighted by Gasteiger charge is 2.33.